The number of aromatic nitrogens is 3. The molecule has 94 valence electrons. The first-order valence-electron chi connectivity index (χ1n) is 5.69. The summed E-state index contributed by atoms with van der Waals surface area (Å²) < 4.78 is 1.60. The summed E-state index contributed by atoms with van der Waals surface area (Å²) in [5, 5.41) is 9.90. The fourth-order valence-electron chi connectivity index (χ4n) is 1.60. The van der Waals surface area contributed by atoms with Crippen LogP contribution in [0, 0.1) is 0 Å². The predicted molar refractivity (Wildman–Crippen MR) is 69.6 cm³/mol. The van der Waals surface area contributed by atoms with Gasteiger partial charge in [-0.25, -0.2) is 0 Å². The first-order valence-corrected chi connectivity index (χ1v) is 5.69. The lowest BCUT2D eigenvalue weighted by atomic mass is 10.2. The zero-order chi connectivity index (χ0) is 13.0. The van der Waals surface area contributed by atoms with Gasteiger partial charge in [-0.3, -0.25) is 14.5 Å². The van der Waals surface area contributed by atoms with Crippen LogP contribution in [0.3, 0.4) is 0 Å². The highest BCUT2D eigenvalue weighted by Crippen LogP contribution is 2.15. The number of amides is 1. The van der Waals surface area contributed by atoms with Crippen LogP contribution in [-0.2, 0) is 7.05 Å². The van der Waals surface area contributed by atoms with E-state index in [0.717, 1.165) is 12.2 Å². The van der Waals surface area contributed by atoms with Crippen LogP contribution in [0.2, 0.25) is 0 Å². The van der Waals surface area contributed by atoms with E-state index < -0.39 is 0 Å². The SMILES string of the molecule is CCNc1cnccc1C(=O)Nc1ccnn1C. The van der Waals surface area contributed by atoms with Gasteiger partial charge in [0.25, 0.3) is 5.91 Å². The van der Waals surface area contributed by atoms with Crippen molar-refractivity contribution in [3.05, 3.63) is 36.3 Å². The largest absolute Gasteiger partial charge is 0.383 e. The van der Waals surface area contributed by atoms with Gasteiger partial charge < -0.3 is 10.6 Å². The Morgan fingerprint density at radius 1 is 1.39 bits per heavy atom. The molecule has 0 saturated heterocycles. The minimum atomic E-state index is -0.183. The predicted octanol–water partition coefficient (Wildman–Crippen LogP) is 1.50. The molecule has 0 radical (unpaired) electrons. The smallest absolute Gasteiger partial charge is 0.259 e. The van der Waals surface area contributed by atoms with Gasteiger partial charge in [-0.15, -0.1) is 0 Å². The summed E-state index contributed by atoms with van der Waals surface area (Å²) in [7, 11) is 1.77. The second-order valence-electron chi connectivity index (χ2n) is 3.75. The van der Waals surface area contributed by atoms with E-state index in [2.05, 4.69) is 20.7 Å². The van der Waals surface area contributed by atoms with Crippen molar-refractivity contribution < 1.29 is 4.79 Å². The van der Waals surface area contributed by atoms with Crippen molar-refractivity contribution in [3.63, 3.8) is 0 Å². The molecule has 0 aliphatic heterocycles. The summed E-state index contributed by atoms with van der Waals surface area (Å²) in [5.41, 5.74) is 1.28. The van der Waals surface area contributed by atoms with Crippen LogP contribution in [0.1, 0.15) is 17.3 Å². The molecule has 0 spiro atoms. The summed E-state index contributed by atoms with van der Waals surface area (Å²) in [6.45, 7) is 2.70. The maximum Gasteiger partial charge on any atom is 0.259 e. The van der Waals surface area contributed by atoms with Crippen LogP contribution >= 0.6 is 0 Å². The molecular weight excluding hydrogens is 230 g/mol. The molecular formula is C12H15N5O. The maximum atomic E-state index is 12.1. The summed E-state index contributed by atoms with van der Waals surface area (Å²) >= 11 is 0. The molecule has 0 bridgehead atoms. The van der Waals surface area contributed by atoms with Crippen LogP contribution in [0.15, 0.2) is 30.7 Å². The van der Waals surface area contributed by atoms with Gasteiger partial charge in [0.15, 0.2) is 0 Å². The second kappa shape index (κ2) is 5.31. The average Bonchev–Trinajstić information content (AvgIpc) is 2.76. The molecule has 6 heteroatoms. The number of rotatable bonds is 4. The average molecular weight is 245 g/mol. The van der Waals surface area contributed by atoms with E-state index in [1.165, 1.54) is 0 Å². The fraction of sp³-hybridized carbons (Fsp3) is 0.250. The van der Waals surface area contributed by atoms with Gasteiger partial charge in [0.1, 0.15) is 5.82 Å². The normalized spacial score (nSPS) is 10.1. The van der Waals surface area contributed by atoms with E-state index in [4.69, 9.17) is 0 Å². The van der Waals surface area contributed by atoms with Crippen LogP contribution in [0.25, 0.3) is 0 Å². The van der Waals surface area contributed by atoms with Gasteiger partial charge in [0, 0.05) is 25.9 Å². The first-order chi connectivity index (χ1) is 8.72. The lowest BCUT2D eigenvalue weighted by Crippen LogP contribution is -2.16. The Morgan fingerprint density at radius 2 is 2.22 bits per heavy atom. The molecule has 2 N–H and O–H groups in total. The number of nitrogens with zero attached hydrogens (tertiary/aromatic N) is 3. The van der Waals surface area contributed by atoms with E-state index in [9.17, 15) is 4.79 Å². The molecule has 0 aliphatic carbocycles. The number of anilines is 2. The van der Waals surface area contributed by atoms with Crippen LogP contribution in [0.5, 0.6) is 0 Å². The van der Waals surface area contributed by atoms with Gasteiger partial charge >= 0.3 is 0 Å². The van der Waals surface area contributed by atoms with E-state index in [1.54, 1.807) is 42.5 Å². The monoisotopic (exact) mass is 245 g/mol. The van der Waals surface area contributed by atoms with Crippen molar-refractivity contribution in [3.8, 4) is 0 Å². The standard InChI is InChI=1S/C12H15N5O/c1-3-14-10-8-13-6-4-9(10)12(18)16-11-5-7-15-17(11)2/h4-8,14H,3H2,1-2H3,(H,16,18). The summed E-state index contributed by atoms with van der Waals surface area (Å²) in [6, 6.07) is 3.43. The van der Waals surface area contributed by atoms with Gasteiger partial charge in [-0.05, 0) is 13.0 Å². The molecule has 18 heavy (non-hydrogen) atoms. The van der Waals surface area contributed by atoms with Gasteiger partial charge in [-0.1, -0.05) is 0 Å². The van der Waals surface area contributed by atoms with E-state index in [-0.39, 0.29) is 5.91 Å². The van der Waals surface area contributed by atoms with Crippen molar-refractivity contribution in [2.45, 2.75) is 6.92 Å². The molecule has 0 atom stereocenters. The van der Waals surface area contributed by atoms with E-state index in [1.807, 2.05) is 6.92 Å². The molecule has 0 fully saturated rings. The van der Waals surface area contributed by atoms with Crippen molar-refractivity contribution >= 4 is 17.4 Å². The molecule has 2 rings (SSSR count). The summed E-state index contributed by atoms with van der Waals surface area (Å²) in [6.07, 6.45) is 4.87. The number of pyridine rings is 1. The highest BCUT2D eigenvalue weighted by atomic mass is 16.1. The molecule has 0 aliphatic rings. The van der Waals surface area contributed by atoms with Crippen LogP contribution in [0.4, 0.5) is 11.5 Å². The summed E-state index contributed by atoms with van der Waals surface area (Å²) in [4.78, 5) is 16.1. The Balaban J connectivity index is 2.21. The Labute approximate surface area is 105 Å². The third kappa shape index (κ3) is 2.48. The summed E-state index contributed by atoms with van der Waals surface area (Å²) in [5.74, 6) is 0.469. The number of aryl methyl sites for hydroxylation is 1. The molecule has 0 aromatic carbocycles. The Morgan fingerprint density at radius 3 is 2.89 bits per heavy atom. The van der Waals surface area contributed by atoms with E-state index in [0.29, 0.717) is 11.4 Å². The molecule has 2 heterocycles. The van der Waals surface area contributed by atoms with Crippen LogP contribution < -0.4 is 10.6 Å². The minimum Gasteiger partial charge on any atom is -0.383 e. The highest BCUT2D eigenvalue weighted by molar-refractivity contribution is 6.07. The topological polar surface area (TPSA) is 71.8 Å². The third-order valence-corrected chi connectivity index (χ3v) is 2.50. The minimum absolute atomic E-state index is 0.183. The van der Waals surface area contributed by atoms with Gasteiger partial charge in [0.2, 0.25) is 0 Å². The number of nitrogens with one attached hydrogen (secondary N) is 2. The van der Waals surface area contributed by atoms with E-state index >= 15 is 0 Å². The zero-order valence-corrected chi connectivity index (χ0v) is 10.3. The van der Waals surface area contributed by atoms with Crippen molar-refractivity contribution in [1.29, 1.82) is 0 Å². The number of hydrogen-bond acceptors (Lipinski definition) is 4. The fourth-order valence-corrected chi connectivity index (χ4v) is 1.60. The third-order valence-electron chi connectivity index (χ3n) is 2.50. The molecule has 6 nitrogen and oxygen atoms in total. The quantitative estimate of drug-likeness (QED) is 0.856. The molecule has 0 unspecified atom stereocenters. The number of carbonyl (C=O) groups is 1. The molecule has 1 amide bonds. The van der Waals surface area contributed by atoms with Crippen molar-refractivity contribution in [2.75, 3.05) is 17.2 Å². The first kappa shape index (κ1) is 12.1. The Kier molecular flexibility index (Phi) is 3.57. The van der Waals surface area contributed by atoms with Crippen molar-refractivity contribution in [2.24, 2.45) is 7.05 Å². The van der Waals surface area contributed by atoms with Gasteiger partial charge in [0.05, 0.1) is 23.6 Å². The lowest BCUT2D eigenvalue weighted by Gasteiger charge is -2.10. The zero-order valence-electron chi connectivity index (χ0n) is 10.3. The highest BCUT2D eigenvalue weighted by Gasteiger charge is 2.12. The maximum absolute atomic E-state index is 12.1. The number of hydrogen-bond donors (Lipinski definition) is 2. The number of carbonyl (C=O) groups excluding carboxylic acids is 1. The van der Waals surface area contributed by atoms with Crippen LogP contribution in [-0.4, -0.2) is 27.2 Å². The Hall–Kier alpha value is -2.37. The molecule has 2 aromatic heterocycles. The van der Waals surface area contributed by atoms with Gasteiger partial charge in [-0.2, -0.15) is 5.10 Å². The molecule has 0 saturated carbocycles. The molecule has 2 aromatic rings. The Bertz CT molecular complexity index is 549. The van der Waals surface area contributed by atoms with Crippen molar-refractivity contribution in [1.82, 2.24) is 14.8 Å². The second-order valence-corrected chi connectivity index (χ2v) is 3.75. The lowest BCUT2D eigenvalue weighted by molar-refractivity contribution is 0.102.